The van der Waals surface area contributed by atoms with Crippen LogP contribution in [0.25, 0.3) is 0 Å². The summed E-state index contributed by atoms with van der Waals surface area (Å²) in [5, 5.41) is 2.05. The molecule has 1 heterocycles. The summed E-state index contributed by atoms with van der Waals surface area (Å²) in [6.07, 6.45) is 0. The van der Waals surface area contributed by atoms with Crippen LogP contribution in [0.4, 0.5) is 5.69 Å². The van der Waals surface area contributed by atoms with Crippen molar-refractivity contribution in [1.29, 1.82) is 0 Å². The molecule has 0 aliphatic rings. The smallest absolute Gasteiger partial charge is 0.359 e. The molecule has 2 amide bonds. The molecule has 0 aromatic carbocycles. The van der Waals surface area contributed by atoms with Crippen LogP contribution in [0.1, 0.15) is 24.3 Å². The van der Waals surface area contributed by atoms with E-state index in [9.17, 15) is 14.4 Å². The number of ether oxygens (including phenoxy) is 1. The highest BCUT2D eigenvalue weighted by Crippen LogP contribution is 2.34. The molecule has 0 aliphatic carbocycles. The van der Waals surface area contributed by atoms with Crippen LogP contribution in [0.15, 0.2) is 0 Å². The molecule has 11 heteroatoms. The largest absolute Gasteiger partial charge is 0.451 e. The number of nitrogens with zero attached hydrogens (tertiary/aromatic N) is 2. The van der Waals surface area contributed by atoms with E-state index in [1.165, 1.54) is 4.90 Å². The Hall–Kier alpha value is -1.77. The van der Waals surface area contributed by atoms with Crippen LogP contribution in [0, 0.1) is 0 Å². The standard InChI is InChI=1S/C14H17Cl3N4O4/c1-3-19-7(22)5-21(4-2)8(23)6-25-14(24)12-9(15)11(18)10(16)13(17)20-12/h3-6H2,1-2H3,(H2,18,20)(H,19,22). The van der Waals surface area contributed by atoms with Gasteiger partial charge in [0.1, 0.15) is 5.02 Å². The molecule has 0 unspecified atom stereocenters. The molecule has 138 valence electrons. The van der Waals surface area contributed by atoms with Crippen molar-refractivity contribution in [1.82, 2.24) is 15.2 Å². The third kappa shape index (κ3) is 5.62. The molecule has 0 aliphatic heterocycles. The molecule has 1 aromatic rings. The number of nitrogens with two attached hydrogens (primary N) is 1. The lowest BCUT2D eigenvalue weighted by molar-refractivity contribution is -0.138. The van der Waals surface area contributed by atoms with Gasteiger partial charge in [0.05, 0.1) is 17.3 Å². The fraction of sp³-hybridized carbons (Fsp3) is 0.429. The molecule has 3 N–H and O–H groups in total. The molecule has 0 bridgehead atoms. The van der Waals surface area contributed by atoms with E-state index in [1.807, 2.05) is 0 Å². The number of amides is 2. The molecule has 0 saturated heterocycles. The average Bonchev–Trinajstić information content (AvgIpc) is 2.58. The quantitative estimate of drug-likeness (QED) is 0.522. The van der Waals surface area contributed by atoms with Gasteiger partial charge in [-0.25, -0.2) is 9.78 Å². The number of nitrogen functional groups attached to an aromatic ring is 1. The summed E-state index contributed by atoms with van der Waals surface area (Å²) in [7, 11) is 0. The second kappa shape index (κ2) is 9.65. The number of aromatic nitrogens is 1. The fourth-order valence-electron chi connectivity index (χ4n) is 1.76. The highest BCUT2D eigenvalue weighted by molar-refractivity contribution is 6.46. The molecule has 0 fully saturated rings. The second-order valence-electron chi connectivity index (χ2n) is 4.73. The molecule has 25 heavy (non-hydrogen) atoms. The first-order chi connectivity index (χ1) is 11.7. The number of carbonyl (C=O) groups is 3. The molecule has 8 nitrogen and oxygen atoms in total. The Morgan fingerprint density at radius 2 is 1.84 bits per heavy atom. The highest BCUT2D eigenvalue weighted by atomic mass is 35.5. The Balaban J connectivity index is 2.75. The molecule has 0 radical (unpaired) electrons. The Morgan fingerprint density at radius 1 is 1.20 bits per heavy atom. The van der Waals surface area contributed by atoms with Gasteiger partial charge in [-0.05, 0) is 13.8 Å². The topological polar surface area (TPSA) is 115 Å². The first-order valence-electron chi connectivity index (χ1n) is 7.24. The zero-order chi connectivity index (χ0) is 19.1. The zero-order valence-electron chi connectivity index (χ0n) is 13.6. The minimum atomic E-state index is -0.988. The summed E-state index contributed by atoms with van der Waals surface area (Å²) in [5.41, 5.74) is 5.14. The van der Waals surface area contributed by atoms with Crippen molar-refractivity contribution in [2.45, 2.75) is 13.8 Å². The van der Waals surface area contributed by atoms with Crippen LogP contribution in [0.5, 0.6) is 0 Å². The van der Waals surface area contributed by atoms with Crippen LogP contribution in [0.3, 0.4) is 0 Å². The monoisotopic (exact) mass is 410 g/mol. The van der Waals surface area contributed by atoms with Gasteiger partial charge in [0.25, 0.3) is 5.91 Å². The van der Waals surface area contributed by atoms with Crippen molar-refractivity contribution in [3.05, 3.63) is 20.9 Å². The third-order valence-electron chi connectivity index (χ3n) is 3.03. The maximum atomic E-state index is 12.1. The van der Waals surface area contributed by atoms with Crippen molar-refractivity contribution < 1.29 is 19.1 Å². The summed E-state index contributed by atoms with van der Waals surface area (Å²) < 4.78 is 4.88. The van der Waals surface area contributed by atoms with Crippen molar-refractivity contribution in [3.63, 3.8) is 0 Å². The molecule has 1 aromatic heterocycles. The van der Waals surface area contributed by atoms with Gasteiger partial charge < -0.3 is 20.7 Å². The van der Waals surface area contributed by atoms with Crippen molar-refractivity contribution in [2.24, 2.45) is 0 Å². The summed E-state index contributed by atoms with van der Waals surface area (Å²) in [6.45, 7) is 3.44. The summed E-state index contributed by atoms with van der Waals surface area (Å²) >= 11 is 17.4. The SMILES string of the molecule is CCNC(=O)CN(CC)C(=O)COC(=O)c1nc(Cl)c(Cl)c(N)c1Cl. The van der Waals surface area contributed by atoms with Gasteiger partial charge >= 0.3 is 5.97 Å². The number of pyridine rings is 1. The van der Waals surface area contributed by atoms with E-state index in [2.05, 4.69) is 10.3 Å². The summed E-state index contributed by atoms with van der Waals surface area (Å²) in [4.78, 5) is 40.6. The van der Waals surface area contributed by atoms with E-state index in [1.54, 1.807) is 13.8 Å². The molecular weight excluding hydrogens is 395 g/mol. The van der Waals surface area contributed by atoms with Crippen LogP contribution in [-0.4, -0.2) is 53.9 Å². The second-order valence-corrected chi connectivity index (χ2v) is 5.84. The lowest BCUT2D eigenvalue weighted by Gasteiger charge is -2.20. The van der Waals surface area contributed by atoms with Crippen molar-refractivity contribution in [3.8, 4) is 0 Å². The van der Waals surface area contributed by atoms with Crippen molar-refractivity contribution in [2.75, 3.05) is 32.0 Å². The van der Waals surface area contributed by atoms with Gasteiger partial charge in [-0.3, -0.25) is 9.59 Å². The molecule has 0 atom stereocenters. The molecular formula is C14H17Cl3N4O4. The summed E-state index contributed by atoms with van der Waals surface area (Å²) in [6, 6.07) is 0. The van der Waals surface area contributed by atoms with Crippen LogP contribution in [-0.2, 0) is 14.3 Å². The van der Waals surface area contributed by atoms with E-state index in [-0.39, 0.29) is 45.6 Å². The Labute approximate surface area is 159 Å². The molecule has 1 rings (SSSR count). The van der Waals surface area contributed by atoms with Crippen LogP contribution < -0.4 is 11.1 Å². The minimum absolute atomic E-state index is 0.0848. The predicted molar refractivity (Wildman–Crippen MR) is 94.9 cm³/mol. The number of rotatable bonds is 7. The number of esters is 1. The van der Waals surface area contributed by atoms with E-state index in [4.69, 9.17) is 45.3 Å². The van der Waals surface area contributed by atoms with Gasteiger partial charge in [0.2, 0.25) is 5.91 Å². The Morgan fingerprint density at radius 3 is 2.40 bits per heavy atom. The third-order valence-corrected chi connectivity index (χ3v) is 4.17. The summed E-state index contributed by atoms with van der Waals surface area (Å²) in [5.74, 6) is -1.85. The van der Waals surface area contributed by atoms with Gasteiger partial charge in [-0.15, -0.1) is 0 Å². The van der Waals surface area contributed by atoms with Crippen molar-refractivity contribution >= 4 is 58.3 Å². The highest BCUT2D eigenvalue weighted by Gasteiger charge is 2.23. The lowest BCUT2D eigenvalue weighted by atomic mass is 10.3. The first-order valence-corrected chi connectivity index (χ1v) is 8.37. The van der Waals surface area contributed by atoms with Gasteiger partial charge in [0.15, 0.2) is 17.5 Å². The first kappa shape index (κ1) is 21.3. The van der Waals surface area contributed by atoms with Gasteiger partial charge in [0, 0.05) is 13.1 Å². The lowest BCUT2D eigenvalue weighted by Crippen LogP contribution is -2.42. The van der Waals surface area contributed by atoms with E-state index in [0.29, 0.717) is 6.54 Å². The number of hydrogen-bond donors (Lipinski definition) is 2. The Kier molecular flexibility index (Phi) is 8.21. The number of carbonyl (C=O) groups excluding carboxylic acids is 3. The van der Waals surface area contributed by atoms with Crippen LogP contribution >= 0.6 is 34.8 Å². The number of likely N-dealkylation sites (N-methyl/N-ethyl adjacent to an activating group) is 2. The maximum Gasteiger partial charge on any atom is 0.359 e. The zero-order valence-corrected chi connectivity index (χ0v) is 15.8. The number of nitrogens with one attached hydrogen (secondary N) is 1. The van der Waals surface area contributed by atoms with Gasteiger partial charge in [-0.1, -0.05) is 34.8 Å². The predicted octanol–water partition coefficient (Wildman–Crippen LogP) is 1.77. The van der Waals surface area contributed by atoms with E-state index < -0.39 is 18.5 Å². The molecule has 0 saturated carbocycles. The van der Waals surface area contributed by atoms with E-state index in [0.717, 1.165) is 0 Å². The maximum absolute atomic E-state index is 12.1. The molecule has 0 spiro atoms. The normalized spacial score (nSPS) is 10.3. The fourth-order valence-corrected chi connectivity index (χ4v) is 2.34. The van der Waals surface area contributed by atoms with Gasteiger partial charge in [-0.2, -0.15) is 0 Å². The van der Waals surface area contributed by atoms with E-state index >= 15 is 0 Å². The number of halogens is 3. The number of anilines is 1. The Bertz CT molecular complexity index is 685. The number of hydrogen-bond acceptors (Lipinski definition) is 6. The average molecular weight is 412 g/mol. The van der Waals surface area contributed by atoms with Crippen LogP contribution in [0.2, 0.25) is 15.2 Å². The minimum Gasteiger partial charge on any atom is -0.451 e.